The van der Waals surface area contributed by atoms with Crippen LogP contribution in [0.5, 0.6) is 0 Å². The Labute approximate surface area is 170 Å². The maximum atomic E-state index is 12.7. The van der Waals surface area contributed by atoms with Crippen LogP contribution in [-0.2, 0) is 6.42 Å². The lowest BCUT2D eigenvalue weighted by atomic mass is 9.99. The second-order valence-electron chi connectivity index (χ2n) is 6.63. The summed E-state index contributed by atoms with van der Waals surface area (Å²) in [6.07, 6.45) is 2.96. The van der Waals surface area contributed by atoms with Crippen LogP contribution in [0.25, 0.3) is 0 Å². The summed E-state index contributed by atoms with van der Waals surface area (Å²) in [5, 5.41) is 11.8. The molecule has 3 rings (SSSR count). The number of rotatable bonds is 5. The number of hydrogen-bond donors (Lipinski definition) is 3. The number of benzene rings is 1. The molecule has 5 nitrogen and oxygen atoms in total. The maximum Gasteiger partial charge on any atom is 0.256 e. The first-order chi connectivity index (χ1) is 12.6. The van der Waals surface area contributed by atoms with Gasteiger partial charge < -0.3 is 16.0 Å². The molecule has 0 aliphatic carbocycles. The van der Waals surface area contributed by atoms with Crippen molar-refractivity contribution in [1.82, 2.24) is 10.6 Å². The molecule has 2 heterocycles. The number of halogens is 1. The summed E-state index contributed by atoms with van der Waals surface area (Å²) < 4.78 is 0. The van der Waals surface area contributed by atoms with Crippen LogP contribution in [0.2, 0.25) is 0 Å². The van der Waals surface area contributed by atoms with Crippen LogP contribution >= 0.6 is 23.7 Å². The second-order valence-corrected chi connectivity index (χ2v) is 7.55. The smallest absolute Gasteiger partial charge is 0.256 e. The lowest BCUT2D eigenvalue weighted by Crippen LogP contribution is -2.51. The van der Waals surface area contributed by atoms with Crippen LogP contribution in [0, 0.1) is 0 Å². The molecule has 2 unspecified atom stereocenters. The minimum Gasteiger partial charge on any atom is -0.348 e. The normalized spacial score (nSPS) is 19.0. The Balaban J connectivity index is 0.00000261. The molecule has 1 aromatic heterocycles. The van der Waals surface area contributed by atoms with Gasteiger partial charge in [0.25, 0.3) is 11.8 Å². The van der Waals surface area contributed by atoms with E-state index >= 15 is 0 Å². The molecule has 3 N–H and O–H groups in total. The van der Waals surface area contributed by atoms with E-state index in [4.69, 9.17) is 0 Å². The quantitative estimate of drug-likeness (QED) is 0.704. The maximum absolute atomic E-state index is 12.7. The Hall–Kier alpha value is -1.89. The number of thiophene rings is 1. The van der Waals surface area contributed by atoms with Gasteiger partial charge in [0.05, 0.1) is 5.56 Å². The van der Waals surface area contributed by atoms with Crippen molar-refractivity contribution >= 4 is 40.6 Å². The Morgan fingerprint density at radius 2 is 1.93 bits per heavy atom. The number of anilines is 1. The molecule has 1 saturated heterocycles. The van der Waals surface area contributed by atoms with Gasteiger partial charge in [-0.05, 0) is 61.9 Å². The zero-order chi connectivity index (χ0) is 18.5. The highest BCUT2D eigenvalue weighted by atomic mass is 35.5. The third-order valence-corrected chi connectivity index (χ3v) is 5.67. The summed E-state index contributed by atoms with van der Waals surface area (Å²) in [7, 11) is 0. The van der Waals surface area contributed by atoms with Gasteiger partial charge in [0, 0.05) is 17.6 Å². The fourth-order valence-corrected chi connectivity index (χ4v) is 3.92. The van der Waals surface area contributed by atoms with Gasteiger partial charge >= 0.3 is 0 Å². The highest BCUT2D eigenvalue weighted by molar-refractivity contribution is 7.14. The molecule has 0 saturated carbocycles. The van der Waals surface area contributed by atoms with Crippen LogP contribution in [-0.4, -0.2) is 30.4 Å². The van der Waals surface area contributed by atoms with Gasteiger partial charge in [-0.2, -0.15) is 0 Å². The van der Waals surface area contributed by atoms with Gasteiger partial charge in [0.15, 0.2) is 0 Å². The van der Waals surface area contributed by atoms with Crippen LogP contribution in [0.15, 0.2) is 35.7 Å². The fourth-order valence-electron chi connectivity index (χ4n) is 3.14. The minimum absolute atomic E-state index is 0. The number of aryl methyl sites for hydroxylation is 1. The fraction of sp³-hybridized carbons (Fsp3) is 0.400. The van der Waals surface area contributed by atoms with E-state index < -0.39 is 0 Å². The highest BCUT2D eigenvalue weighted by Gasteiger charge is 2.24. The topological polar surface area (TPSA) is 70.2 Å². The monoisotopic (exact) mass is 407 g/mol. The Bertz CT molecular complexity index is 776. The molecule has 2 aromatic rings. The number of nitrogens with one attached hydrogen (secondary N) is 3. The Kier molecular flexibility index (Phi) is 7.83. The lowest BCUT2D eigenvalue weighted by molar-refractivity contribution is 0.0921. The molecule has 0 radical (unpaired) electrons. The first-order valence-electron chi connectivity index (χ1n) is 9.10. The molecule has 2 atom stereocenters. The zero-order valence-electron chi connectivity index (χ0n) is 15.6. The molecule has 146 valence electrons. The summed E-state index contributed by atoms with van der Waals surface area (Å²) in [4.78, 5) is 25.1. The molecule has 0 spiro atoms. The average Bonchev–Trinajstić information content (AvgIpc) is 3.12. The molecule has 27 heavy (non-hydrogen) atoms. The average molecular weight is 408 g/mol. The second kappa shape index (κ2) is 9.88. The van der Waals surface area contributed by atoms with Crippen LogP contribution in [0.3, 0.4) is 0 Å². The van der Waals surface area contributed by atoms with Gasteiger partial charge in [0.1, 0.15) is 5.00 Å². The van der Waals surface area contributed by atoms with Crippen molar-refractivity contribution in [2.24, 2.45) is 0 Å². The summed E-state index contributed by atoms with van der Waals surface area (Å²) in [5.74, 6) is -0.333. The number of piperidine rings is 1. The van der Waals surface area contributed by atoms with Gasteiger partial charge in [-0.3, -0.25) is 9.59 Å². The molecule has 0 bridgehead atoms. The van der Waals surface area contributed by atoms with Crippen molar-refractivity contribution in [2.75, 3.05) is 11.9 Å². The minimum atomic E-state index is -0.197. The predicted octanol–water partition coefficient (Wildman–Crippen LogP) is 3.85. The van der Waals surface area contributed by atoms with Crippen LogP contribution < -0.4 is 16.0 Å². The SMILES string of the molecule is CCc1ccc(C(=O)Nc2sccc2C(=O)NC2CCCNC2C)cc1.Cl. The van der Waals surface area contributed by atoms with Crippen molar-refractivity contribution in [1.29, 1.82) is 0 Å². The predicted molar refractivity (Wildman–Crippen MR) is 113 cm³/mol. The summed E-state index contributed by atoms with van der Waals surface area (Å²) >= 11 is 1.36. The number of amides is 2. The van der Waals surface area contributed by atoms with E-state index in [2.05, 4.69) is 29.8 Å². The van der Waals surface area contributed by atoms with Crippen molar-refractivity contribution in [3.63, 3.8) is 0 Å². The first kappa shape index (κ1) is 21.4. The third kappa shape index (κ3) is 5.31. The van der Waals surface area contributed by atoms with Crippen molar-refractivity contribution in [3.05, 3.63) is 52.4 Å². The van der Waals surface area contributed by atoms with Gasteiger partial charge in [-0.1, -0.05) is 19.1 Å². The number of carbonyl (C=O) groups is 2. The summed E-state index contributed by atoms with van der Waals surface area (Å²) in [6, 6.07) is 9.66. The van der Waals surface area contributed by atoms with E-state index in [9.17, 15) is 9.59 Å². The van der Waals surface area contributed by atoms with Gasteiger partial charge in [-0.25, -0.2) is 0 Å². The van der Waals surface area contributed by atoms with Gasteiger partial charge in [0.2, 0.25) is 0 Å². The lowest BCUT2D eigenvalue weighted by Gasteiger charge is -2.30. The molecule has 1 aliphatic heterocycles. The highest BCUT2D eigenvalue weighted by Crippen LogP contribution is 2.24. The van der Waals surface area contributed by atoms with E-state index in [1.165, 1.54) is 16.9 Å². The summed E-state index contributed by atoms with van der Waals surface area (Å²) in [5.41, 5.74) is 2.30. The molecule has 7 heteroatoms. The van der Waals surface area contributed by atoms with E-state index in [1.54, 1.807) is 6.07 Å². The van der Waals surface area contributed by atoms with E-state index in [1.807, 2.05) is 29.6 Å². The summed E-state index contributed by atoms with van der Waals surface area (Å²) in [6.45, 7) is 5.15. The molecule has 1 fully saturated rings. The Morgan fingerprint density at radius 1 is 1.19 bits per heavy atom. The van der Waals surface area contributed by atoms with Gasteiger partial charge in [-0.15, -0.1) is 23.7 Å². The van der Waals surface area contributed by atoms with E-state index in [0.717, 1.165) is 25.8 Å². The van der Waals surface area contributed by atoms with Crippen molar-refractivity contribution in [2.45, 2.75) is 45.2 Å². The van der Waals surface area contributed by atoms with Crippen LogP contribution in [0.4, 0.5) is 5.00 Å². The largest absolute Gasteiger partial charge is 0.348 e. The molecular formula is C20H26ClN3O2S. The van der Waals surface area contributed by atoms with E-state index in [0.29, 0.717) is 16.1 Å². The van der Waals surface area contributed by atoms with Crippen molar-refractivity contribution < 1.29 is 9.59 Å². The third-order valence-electron chi connectivity index (χ3n) is 4.84. The number of carbonyl (C=O) groups excluding carboxylic acids is 2. The zero-order valence-corrected chi connectivity index (χ0v) is 17.2. The first-order valence-corrected chi connectivity index (χ1v) is 9.98. The number of hydrogen-bond acceptors (Lipinski definition) is 4. The Morgan fingerprint density at radius 3 is 2.59 bits per heavy atom. The molecule has 2 amide bonds. The molecule has 1 aromatic carbocycles. The standard InChI is InChI=1S/C20H25N3O2S.ClH/c1-3-14-6-8-15(9-7-14)18(24)23-20-16(10-12-26-20)19(25)22-17-5-4-11-21-13(17)2;/h6-10,12-13,17,21H,3-5,11H2,1-2H3,(H,22,25)(H,23,24);1H. The van der Waals surface area contributed by atoms with Crippen molar-refractivity contribution in [3.8, 4) is 0 Å². The van der Waals surface area contributed by atoms with Crippen LogP contribution in [0.1, 0.15) is 53.0 Å². The van der Waals surface area contributed by atoms with E-state index in [-0.39, 0.29) is 36.3 Å². The molecular weight excluding hydrogens is 382 g/mol. The molecule has 1 aliphatic rings.